The molecule has 0 unspecified atom stereocenters. The number of benzene rings is 1. The molecule has 1 amide bonds. The molecule has 0 fully saturated rings. The second kappa shape index (κ2) is 6.70. The molecule has 104 valence electrons. The average molecular weight is 269 g/mol. The van der Waals surface area contributed by atoms with E-state index in [1.807, 2.05) is 49.4 Å². The van der Waals surface area contributed by atoms with E-state index in [1.54, 1.807) is 18.0 Å². The maximum atomic E-state index is 12.5. The Morgan fingerprint density at radius 2 is 1.90 bits per heavy atom. The molecule has 0 aliphatic heterocycles. The molecule has 2 aromatic rings. The van der Waals surface area contributed by atoms with E-state index < -0.39 is 0 Å². The van der Waals surface area contributed by atoms with Crippen molar-refractivity contribution in [3.8, 4) is 0 Å². The summed E-state index contributed by atoms with van der Waals surface area (Å²) in [4.78, 5) is 18.6. The normalized spacial score (nSPS) is 10.1. The topological polar surface area (TPSA) is 45.2 Å². The number of hydrogen-bond donors (Lipinski definition) is 1. The number of carbonyl (C=O) groups excluding carboxylic acids is 1. The second-order valence-corrected chi connectivity index (χ2v) is 4.46. The summed E-state index contributed by atoms with van der Waals surface area (Å²) in [5.74, 6) is 0.653. The van der Waals surface area contributed by atoms with Crippen LogP contribution in [-0.4, -0.2) is 29.4 Å². The summed E-state index contributed by atoms with van der Waals surface area (Å²) < 4.78 is 0. The van der Waals surface area contributed by atoms with Gasteiger partial charge in [-0.05, 0) is 24.6 Å². The highest BCUT2D eigenvalue weighted by molar-refractivity contribution is 5.92. The summed E-state index contributed by atoms with van der Waals surface area (Å²) in [5, 5.41) is 2.95. The minimum atomic E-state index is -0.0477. The first-order valence-corrected chi connectivity index (χ1v) is 6.72. The number of nitrogens with one attached hydrogen (secondary N) is 1. The van der Waals surface area contributed by atoms with Gasteiger partial charge in [-0.1, -0.05) is 36.4 Å². The van der Waals surface area contributed by atoms with Crippen molar-refractivity contribution in [1.82, 2.24) is 9.88 Å². The molecule has 0 spiro atoms. The van der Waals surface area contributed by atoms with Crippen LogP contribution in [0.5, 0.6) is 0 Å². The summed E-state index contributed by atoms with van der Waals surface area (Å²) in [5.41, 5.74) is 1.59. The molecule has 1 aromatic carbocycles. The highest BCUT2D eigenvalue weighted by atomic mass is 16.2. The molecule has 2 rings (SSSR count). The van der Waals surface area contributed by atoms with Crippen molar-refractivity contribution in [3.63, 3.8) is 0 Å². The van der Waals surface area contributed by atoms with E-state index in [0.717, 1.165) is 5.56 Å². The Bertz CT molecular complexity index is 569. The van der Waals surface area contributed by atoms with E-state index in [1.165, 1.54) is 0 Å². The van der Waals surface area contributed by atoms with Gasteiger partial charge in [0.05, 0.1) is 0 Å². The maximum absolute atomic E-state index is 12.5. The summed E-state index contributed by atoms with van der Waals surface area (Å²) in [7, 11) is 1.79. The summed E-state index contributed by atoms with van der Waals surface area (Å²) in [6.07, 6.45) is 0. The third-order valence-corrected chi connectivity index (χ3v) is 3.11. The standard InChI is InChI=1S/C16H19N3O/c1-3-19(12-13-8-5-4-6-9-13)16(20)14-10-7-11-15(17-2)18-14/h4-11H,3,12H2,1-2H3,(H,17,18). The van der Waals surface area contributed by atoms with Crippen molar-refractivity contribution in [2.45, 2.75) is 13.5 Å². The van der Waals surface area contributed by atoms with E-state index >= 15 is 0 Å². The van der Waals surface area contributed by atoms with E-state index in [0.29, 0.717) is 24.6 Å². The molecular formula is C16H19N3O. The van der Waals surface area contributed by atoms with Gasteiger partial charge in [0.2, 0.25) is 0 Å². The number of anilines is 1. The van der Waals surface area contributed by atoms with Gasteiger partial charge < -0.3 is 10.2 Å². The van der Waals surface area contributed by atoms with Crippen molar-refractivity contribution < 1.29 is 4.79 Å². The molecule has 1 heterocycles. The van der Waals surface area contributed by atoms with Crippen LogP contribution in [0.1, 0.15) is 23.0 Å². The minimum Gasteiger partial charge on any atom is -0.373 e. The lowest BCUT2D eigenvalue weighted by Gasteiger charge is -2.20. The first-order valence-electron chi connectivity index (χ1n) is 6.72. The fourth-order valence-corrected chi connectivity index (χ4v) is 1.99. The zero-order chi connectivity index (χ0) is 14.4. The Hall–Kier alpha value is -2.36. The number of amides is 1. The highest BCUT2D eigenvalue weighted by Crippen LogP contribution is 2.10. The summed E-state index contributed by atoms with van der Waals surface area (Å²) in [6.45, 7) is 3.23. The first kappa shape index (κ1) is 14.1. The predicted octanol–water partition coefficient (Wildman–Crippen LogP) is 2.79. The molecule has 4 nitrogen and oxygen atoms in total. The van der Waals surface area contributed by atoms with E-state index in [4.69, 9.17) is 0 Å². The summed E-state index contributed by atoms with van der Waals surface area (Å²) in [6, 6.07) is 15.4. The number of rotatable bonds is 5. The van der Waals surface area contributed by atoms with Gasteiger partial charge in [-0.2, -0.15) is 0 Å². The Morgan fingerprint density at radius 1 is 1.15 bits per heavy atom. The van der Waals surface area contributed by atoms with E-state index in [9.17, 15) is 4.79 Å². The van der Waals surface area contributed by atoms with Crippen LogP contribution in [0.3, 0.4) is 0 Å². The van der Waals surface area contributed by atoms with Gasteiger partial charge in [-0.15, -0.1) is 0 Å². The van der Waals surface area contributed by atoms with Crippen molar-refractivity contribution in [1.29, 1.82) is 0 Å². The molecule has 0 saturated heterocycles. The number of carbonyl (C=O) groups is 1. The molecule has 0 bridgehead atoms. The maximum Gasteiger partial charge on any atom is 0.272 e. The third-order valence-electron chi connectivity index (χ3n) is 3.11. The van der Waals surface area contributed by atoms with Crippen LogP contribution < -0.4 is 5.32 Å². The van der Waals surface area contributed by atoms with Crippen molar-refractivity contribution >= 4 is 11.7 Å². The summed E-state index contributed by atoms with van der Waals surface area (Å²) >= 11 is 0. The largest absolute Gasteiger partial charge is 0.373 e. The van der Waals surface area contributed by atoms with Gasteiger partial charge in [0.1, 0.15) is 11.5 Å². The molecule has 1 N–H and O–H groups in total. The second-order valence-electron chi connectivity index (χ2n) is 4.46. The molecule has 0 radical (unpaired) electrons. The molecule has 0 aliphatic carbocycles. The predicted molar refractivity (Wildman–Crippen MR) is 80.6 cm³/mol. The van der Waals surface area contributed by atoms with Crippen LogP contribution in [0.4, 0.5) is 5.82 Å². The monoisotopic (exact) mass is 269 g/mol. The molecule has 20 heavy (non-hydrogen) atoms. The van der Waals surface area contributed by atoms with Crippen molar-refractivity contribution in [3.05, 3.63) is 59.8 Å². The molecule has 0 aliphatic rings. The van der Waals surface area contributed by atoms with Crippen LogP contribution >= 0.6 is 0 Å². The number of nitrogens with zero attached hydrogens (tertiary/aromatic N) is 2. The van der Waals surface area contributed by atoms with Gasteiger partial charge in [0, 0.05) is 20.1 Å². The number of hydrogen-bond acceptors (Lipinski definition) is 3. The van der Waals surface area contributed by atoms with Gasteiger partial charge in [0.15, 0.2) is 0 Å². The van der Waals surface area contributed by atoms with Crippen LogP contribution in [0, 0.1) is 0 Å². The van der Waals surface area contributed by atoms with Gasteiger partial charge >= 0.3 is 0 Å². The lowest BCUT2D eigenvalue weighted by atomic mass is 10.2. The Kier molecular flexibility index (Phi) is 4.71. The fraction of sp³-hybridized carbons (Fsp3) is 0.250. The van der Waals surface area contributed by atoms with Crippen LogP contribution in [-0.2, 0) is 6.54 Å². The van der Waals surface area contributed by atoms with Crippen molar-refractivity contribution in [2.75, 3.05) is 18.9 Å². The minimum absolute atomic E-state index is 0.0477. The molecule has 0 atom stereocenters. The number of aromatic nitrogens is 1. The molecule has 1 aromatic heterocycles. The third kappa shape index (κ3) is 3.35. The van der Waals surface area contributed by atoms with E-state index in [-0.39, 0.29) is 5.91 Å². The smallest absolute Gasteiger partial charge is 0.272 e. The first-order chi connectivity index (χ1) is 9.74. The van der Waals surface area contributed by atoms with E-state index in [2.05, 4.69) is 10.3 Å². The molecule has 0 saturated carbocycles. The van der Waals surface area contributed by atoms with Gasteiger partial charge in [-0.25, -0.2) is 4.98 Å². The highest BCUT2D eigenvalue weighted by Gasteiger charge is 2.16. The van der Waals surface area contributed by atoms with Gasteiger partial charge in [0.25, 0.3) is 5.91 Å². The van der Waals surface area contributed by atoms with Crippen molar-refractivity contribution in [2.24, 2.45) is 0 Å². The fourth-order valence-electron chi connectivity index (χ4n) is 1.99. The van der Waals surface area contributed by atoms with Gasteiger partial charge in [-0.3, -0.25) is 4.79 Å². The van der Waals surface area contributed by atoms with Crippen LogP contribution in [0.15, 0.2) is 48.5 Å². The number of pyridine rings is 1. The Labute approximate surface area is 119 Å². The zero-order valence-electron chi connectivity index (χ0n) is 11.8. The lowest BCUT2D eigenvalue weighted by Crippen LogP contribution is -2.31. The molecule has 4 heteroatoms. The zero-order valence-corrected chi connectivity index (χ0v) is 11.8. The average Bonchev–Trinajstić information content (AvgIpc) is 2.53. The quantitative estimate of drug-likeness (QED) is 0.907. The Morgan fingerprint density at radius 3 is 2.55 bits per heavy atom. The van der Waals surface area contributed by atoms with Crippen LogP contribution in [0.2, 0.25) is 0 Å². The lowest BCUT2D eigenvalue weighted by molar-refractivity contribution is 0.0747. The van der Waals surface area contributed by atoms with Crippen LogP contribution in [0.25, 0.3) is 0 Å². The Balaban J connectivity index is 2.16. The molecular weight excluding hydrogens is 250 g/mol. The SMILES string of the molecule is CCN(Cc1ccccc1)C(=O)c1cccc(NC)n1.